The Kier molecular flexibility index (Phi) is 4.61. The third-order valence-corrected chi connectivity index (χ3v) is 3.74. The van der Waals surface area contributed by atoms with Crippen LogP contribution in [-0.2, 0) is 11.2 Å². The van der Waals surface area contributed by atoms with Crippen molar-refractivity contribution in [3.05, 3.63) is 29.3 Å². The van der Waals surface area contributed by atoms with Gasteiger partial charge in [0.25, 0.3) is 0 Å². The van der Waals surface area contributed by atoms with Crippen molar-refractivity contribution in [2.75, 3.05) is 38.3 Å². The molecule has 0 aromatic heterocycles. The SMILES string of the molecule is CCOCCN1CCc2cc(C(C)NC)ccc21. The second-order valence-electron chi connectivity index (χ2n) is 4.83. The van der Waals surface area contributed by atoms with Gasteiger partial charge in [0.2, 0.25) is 0 Å². The van der Waals surface area contributed by atoms with Gasteiger partial charge in [-0.05, 0) is 44.5 Å². The van der Waals surface area contributed by atoms with Crippen LogP contribution in [0.2, 0.25) is 0 Å². The number of hydrogen-bond donors (Lipinski definition) is 1. The van der Waals surface area contributed by atoms with Gasteiger partial charge in [-0.2, -0.15) is 0 Å². The Morgan fingerprint density at radius 2 is 2.28 bits per heavy atom. The van der Waals surface area contributed by atoms with Crippen LogP contribution in [-0.4, -0.2) is 33.4 Å². The first-order chi connectivity index (χ1) is 8.76. The molecule has 18 heavy (non-hydrogen) atoms. The molecule has 1 unspecified atom stereocenters. The first kappa shape index (κ1) is 13.4. The molecule has 1 aliphatic heterocycles. The van der Waals surface area contributed by atoms with Crippen molar-refractivity contribution in [3.63, 3.8) is 0 Å². The summed E-state index contributed by atoms with van der Waals surface area (Å²) in [5.41, 5.74) is 4.25. The highest BCUT2D eigenvalue weighted by atomic mass is 16.5. The van der Waals surface area contributed by atoms with Gasteiger partial charge in [0, 0.05) is 31.4 Å². The van der Waals surface area contributed by atoms with Crippen LogP contribution in [0.1, 0.15) is 31.0 Å². The van der Waals surface area contributed by atoms with E-state index < -0.39 is 0 Å². The summed E-state index contributed by atoms with van der Waals surface area (Å²) in [6.45, 7) is 8.00. The monoisotopic (exact) mass is 248 g/mol. The number of ether oxygens (including phenoxy) is 1. The van der Waals surface area contributed by atoms with Crippen molar-refractivity contribution >= 4 is 5.69 Å². The lowest BCUT2D eigenvalue weighted by Crippen LogP contribution is -2.25. The van der Waals surface area contributed by atoms with Crippen LogP contribution in [0.15, 0.2) is 18.2 Å². The maximum Gasteiger partial charge on any atom is 0.0641 e. The zero-order valence-corrected chi connectivity index (χ0v) is 11.7. The summed E-state index contributed by atoms with van der Waals surface area (Å²) in [7, 11) is 2.01. The molecule has 0 spiro atoms. The van der Waals surface area contributed by atoms with E-state index in [1.807, 2.05) is 14.0 Å². The largest absolute Gasteiger partial charge is 0.380 e. The van der Waals surface area contributed by atoms with E-state index in [1.54, 1.807) is 0 Å². The molecular formula is C15H24N2O. The molecule has 1 aromatic rings. The fourth-order valence-electron chi connectivity index (χ4n) is 2.48. The third kappa shape index (κ3) is 2.85. The van der Waals surface area contributed by atoms with Gasteiger partial charge in [0.1, 0.15) is 0 Å². The Morgan fingerprint density at radius 1 is 1.44 bits per heavy atom. The Hall–Kier alpha value is -1.06. The van der Waals surface area contributed by atoms with Crippen molar-refractivity contribution in [1.29, 1.82) is 0 Å². The van der Waals surface area contributed by atoms with Gasteiger partial charge in [-0.25, -0.2) is 0 Å². The molecule has 1 atom stereocenters. The highest BCUT2D eigenvalue weighted by Crippen LogP contribution is 2.30. The maximum atomic E-state index is 5.44. The van der Waals surface area contributed by atoms with Gasteiger partial charge in [0.15, 0.2) is 0 Å². The zero-order valence-electron chi connectivity index (χ0n) is 11.7. The van der Waals surface area contributed by atoms with E-state index in [0.717, 1.165) is 32.7 Å². The van der Waals surface area contributed by atoms with Gasteiger partial charge in [-0.15, -0.1) is 0 Å². The number of hydrogen-bond acceptors (Lipinski definition) is 3. The lowest BCUT2D eigenvalue weighted by Gasteiger charge is -2.20. The highest BCUT2D eigenvalue weighted by molar-refractivity contribution is 5.59. The van der Waals surface area contributed by atoms with Crippen LogP contribution in [0.25, 0.3) is 0 Å². The molecule has 1 aliphatic rings. The number of fused-ring (bicyclic) bond motifs is 1. The molecule has 0 saturated carbocycles. The molecule has 100 valence electrons. The second-order valence-corrected chi connectivity index (χ2v) is 4.83. The van der Waals surface area contributed by atoms with Crippen LogP contribution >= 0.6 is 0 Å². The lowest BCUT2D eigenvalue weighted by molar-refractivity contribution is 0.154. The van der Waals surface area contributed by atoms with Crippen molar-refractivity contribution in [2.45, 2.75) is 26.3 Å². The molecule has 3 nitrogen and oxygen atoms in total. The van der Waals surface area contributed by atoms with Crippen molar-refractivity contribution in [3.8, 4) is 0 Å². The van der Waals surface area contributed by atoms with E-state index in [2.05, 4.69) is 35.3 Å². The molecule has 3 heteroatoms. The molecule has 0 bridgehead atoms. The van der Waals surface area contributed by atoms with Crippen LogP contribution in [0.3, 0.4) is 0 Å². The summed E-state index contributed by atoms with van der Waals surface area (Å²) < 4.78 is 5.44. The summed E-state index contributed by atoms with van der Waals surface area (Å²) >= 11 is 0. The van der Waals surface area contributed by atoms with Crippen LogP contribution in [0, 0.1) is 0 Å². The smallest absolute Gasteiger partial charge is 0.0641 e. The highest BCUT2D eigenvalue weighted by Gasteiger charge is 2.19. The number of benzene rings is 1. The minimum atomic E-state index is 0.424. The average molecular weight is 248 g/mol. The van der Waals surface area contributed by atoms with Gasteiger partial charge >= 0.3 is 0 Å². The molecular weight excluding hydrogens is 224 g/mol. The fraction of sp³-hybridized carbons (Fsp3) is 0.600. The number of nitrogens with one attached hydrogen (secondary N) is 1. The van der Waals surface area contributed by atoms with Crippen LogP contribution in [0.4, 0.5) is 5.69 Å². The molecule has 0 amide bonds. The van der Waals surface area contributed by atoms with E-state index in [-0.39, 0.29) is 0 Å². The van der Waals surface area contributed by atoms with Gasteiger partial charge in [-0.1, -0.05) is 12.1 Å². The molecule has 2 rings (SSSR count). The Labute approximate surface area is 110 Å². The topological polar surface area (TPSA) is 24.5 Å². The minimum Gasteiger partial charge on any atom is -0.380 e. The van der Waals surface area contributed by atoms with E-state index in [4.69, 9.17) is 4.74 Å². The maximum absolute atomic E-state index is 5.44. The minimum absolute atomic E-state index is 0.424. The van der Waals surface area contributed by atoms with Gasteiger partial charge in [-0.3, -0.25) is 0 Å². The molecule has 0 aliphatic carbocycles. The molecule has 0 fully saturated rings. The number of rotatable bonds is 6. The standard InChI is InChI=1S/C15H24N2O/c1-4-18-10-9-17-8-7-14-11-13(12(2)16-3)5-6-15(14)17/h5-6,11-12,16H,4,7-10H2,1-3H3. The summed E-state index contributed by atoms with van der Waals surface area (Å²) in [6, 6.07) is 7.26. The first-order valence-corrected chi connectivity index (χ1v) is 6.89. The quantitative estimate of drug-likeness (QED) is 0.782. The molecule has 1 aromatic carbocycles. The fourth-order valence-corrected chi connectivity index (χ4v) is 2.48. The van der Waals surface area contributed by atoms with E-state index in [0.29, 0.717) is 6.04 Å². The van der Waals surface area contributed by atoms with Gasteiger partial charge < -0.3 is 15.0 Å². The summed E-state index contributed by atoms with van der Waals surface area (Å²) in [6.07, 6.45) is 1.16. The molecule has 0 saturated heterocycles. The Morgan fingerprint density at radius 3 is 3.00 bits per heavy atom. The summed E-state index contributed by atoms with van der Waals surface area (Å²) in [5, 5.41) is 3.29. The van der Waals surface area contributed by atoms with Gasteiger partial charge in [0.05, 0.1) is 6.61 Å². The first-order valence-electron chi connectivity index (χ1n) is 6.89. The summed E-state index contributed by atoms with van der Waals surface area (Å²) in [4.78, 5) is 2.43. The number of anilines is 1. The Bertz CT molecular complexity index is 392. The predicted octanol–water partition coefficient (Wildman–Crippen LogP) is 2.37. The lowest BCUT2D eigenvalue weighted by atomic mass is 10.0. The third-order valence-electron chi connectivity index (χ3n) is 3.74. The Balaban J connectivity index is 2.05. The van der Waals surface area contributed by atoms with E-state index >= 15 is 0 Å². The van der Waals surface area contributed by atoms with Crippen LogP contribution in [0.5, 0.6) is 0 Å². The van der Waals surface area contributed by atoms with Crippen molar-refractivity contribution < 1.29 is 4.74 Å². The number of nitrogens with zero attached hydrogens (tertiary/aromatic N) is 1. The second kappa shape index (κ2) is 6.21. The van der Waals surface area contributed by atoms with Crippen molar-refractivity contribution in [1.82, 2.24) is 5.32 Å². The molecule has 1 N–H and O–H groups in total. The van der Waals surface area contributed by atoms with Crippen LogP contribution < -0.4 is 10.2 Å². The molecule has 1 heterocycles. The van der Waals surface area contributed by atoms with E-state index in [9.17, 15) is 0 Å². The molecule has 0 radical (unpaired) electrons. The predicted molar refractivity (Wildman–Crippen MR) is 76.3 cm³/mol. The normalized spacial score (nSPS) is 15.8. The average Bonchev–Trinajstić information content (AvgIpc) is 2.80. The summed E-state index contributed by atoms with van der Waals surface area (Å²) in [5.74, 6) is 0. The van der Waals surface area contributed by atoms with Crippen molar-refractivity contribution in [2.24, 2.45) is 0 Å². The van der Waals surface area contributed by atoms with E-state index in [1.165, 1.54) is 16.8 Å². The zero-order chi connectivity index (χ0) is 13.0.